The van der Waals surface area contributed by atoms with Gasteiger partial charge in [-0.1, -0.05) is 6.07 Å². The van der Waals surface area contributed by atoms with Gasteiger partial charge in [0.25, 0.3) is 0 Å². The standard InChI is InChI=1S/C14H20FN3O2S/c1-11-2-3-12(15)8-14(11)21(19,20)18-9-13(10-18)17-6-4-16-5-7-17/h2-3,8,13,16H,4-7,9-10H2,1H3. The van der Waals surface area contributed by atoms with Crippen molar-refractivity contribution in [3.05, 3.63) is 29.6 Å². The zero-order valence-corrected chi connectivity index (χ0v) is 12.9. The van der Waals surface area contributed by atoms with E-state index < -0.39 is 15.8 Å². The lowest BCUT2D eigenvalue weighted by Crippen LogP contribution is -2.63. The number of aryl methyl sites for hydroxylation is 1. The van der Waals surface area contributed by atoms with Gasteiger partial charge in [-0.15, -0.1) is 0 Å². The third-order valence-electron chi connectivity index (χ3n) is 4.26. The minimum atomic E-state index is -3.58. The van der Waals surface area contributed by atoms with Gasteiger partial charge in [0, 0.05) is 45.3 Å². The molecule has 5 nitrogen and oxygen atoms in total. The van der Waals surface area contributed by atoms with Gasteiger partial charge in [0.15, 0.2) is 0 Å². The van der Waals surface area contributed by atoms with E-state index in [9.17, 15) is 12.8 Å². The highest BCUT2D eigenvalue weighted by molar-refractivity contribution is 7.89. The first-order valence-corrected chi connectivity index (χ1v) is 8.63. The summed E-state index contributed by atoms with van der Waals surface area (Å²) in [5.74, 6) is -0.515. The fourth-order valence-electron chi connectivity index (χ4n) is 2.88. The highest BCUT2D eigenvalue weighted by Crippen LogP contribution is 2.27. The molecule has 1 N–H and O–H groups in total. The Balaban J connectivity index is 1.71. The second-order valence-corrected chi connectivity index (χ2v) is 7.58. The van der Waals surface area contributed by atoms with Crippen molar-refractivity contribution >= 4 is 10.0 Å². The van der Waals surface area contributed by atoms with Crippen molar-refractivity contribution in [2.24, 2.45) is 0 Å². The smallest absolute Gasteiger partial charge is 0.243 e. The Morgan fingerprint density at radius 2 is 1.90 bits per heavy atom. The van der Waals surface area contributed by atoms with Gasteiger partial charge in [-0.3, -0.25) is 4.90 Å². The van der Waals surface area contributed by atoms with E-state index in [-0.39, 0.29) is 10.9 Å². The number of halogens is 1. The highest BCUT2D eigenvalue weighted by atomic mass is 32.2. The monoisotopic (exact) mass is 313 g/mol. The van der Waals surface area contributed by atoms with Crippen LogP contribution in [0.1, 0.15) is 5.56 Å². The molecule has 0 saturated carbocycles. The summed E-state index contributed by atoms with van der Waals surface area (Å²) < 4.78 is 39.9. The van der Waals surface area contributed by atoms with Crippen LogP contribution in [0.4, 0.5) is 4.39 Å². The zero-order valence-electron chi connectivity index (χ0n) is 12.0. The van der Waals surface area contributed by atoms with E-state index in [2.05, 4.69) is 10.2 Å². The number of nitrogens with zero attached hydrogens (tertiary/aromatic N) is 2. The molecule has 0 aromatic heterocycles. The predicted octanol–water partition coefficient (Wildman–Crippen LogP) is 0.412. The summed E-state index contributed by atoms with van der Waals surface area (Å²) in [4.78, 5) is 2.40. The number of hydrogen-bond acceptors (Lipinski definition) is 4. The molecule has 116 valence electrons. The quantitative estimate of drug-likeness (QED) is 0.878. The first-order chi connectivity index (χ1) is 9.98. The molecule has 0 atom stereocenters. The molecule has 3 rings (SSSR count). The van der Waals surface area contributed by atoms with Crippen LogP contribution < -0.4 is 5.32 Å². The molecule has 0 aliphatic carbocycles. The maximum Gasteiger partial charge on any atom is 0.243 e. The Hall–Kier alpha value is -1.02. The van der Waals surface area contributed by atoms with Gasteiger partial charge in [-0.25, -0.2) is 12.8 Å². The molecule has 21 heavy (non-hydrogen) atoms. The molecule has 0 amide bonds. The van der Waals surface area contributed by atoms with Crippen LogP contribution in [-0.4, -0.2) is 62.9 Å². The summed E-state index contributed by atoms with van der Waals surface area (Å²) in [7, 11) is -3.58. The van der Waals surface area contributed by atoms with Gasteiger partial charge in [0.1, 0.15) is 5.82 Å². The minimum Gasteiger partial charge on any atom is -0.314 e. The number of benzene rings is 1. The van der Waals surface area contributed by atoms with E-state index in [1.165, 1.54) is 16.4 Å². The molecule has 2 aliphatic heterocycles. The molecule has 2 aliphatic rings. The fourth-order valence-corrected chi connectivity index (χ4v) is 4.63. The average molecular weight is 313 g/mol. The predicted molar refractivity (Wildman–Crippen MR) is 78.1 cm³/mol. The van der Waals surface area contributed by atoms with Crippen LogP contribution in [-0.2, 0) is 10.0 Å². The Labute approximate surface area is 124 Å². The lowest BCUT2D eigenvalue weighted by molar-refractivity contribution is 0.0773. The first-order valence-electron chi connectivity index (χ1n) is 7.19. The molecule has 2 heterocycles. The van der Waals surface area contributed by atoms with Crippen LogP contribution in [0.25, 0.3) is 0 Å². The number of sulfonamides is 1. The second kappa shape index (κ2) is 5.64. The Morgan fingerprint density at radius 3 is 2.57 bits per heavy atom. The molecule has 7 heteroatoms. The van der Waals surface area contributed by atoms with E-state index in [0.29, 0.717) is 18.7 Å². The van der Waals surface area contributed by atoms with Crippen LogP contribution in [0.5, 0.6) is 0 Å². The molecule has 1 aromatic carbocycles. The van der Waals surface area contributed by atoms with Crippen molar-refractivity contribution in [3.63, 3.8) is 0 Å². The maximum atomic E-state index is 13.3. The summed E-state index contributed by atoms with van der Waals surface area (Å²) >= 11 is 0. The van der Waals surface area contributed by atoms with E-state index in [0.717, 1.165) is 32.2 Å². The summed E-state index contributed by atoms with van der Waals surface area (Å²) in [6.07, 6.45) is 0. The van der Waals surface area contributed by atoms with Crippen molar-refractivity contribution in [3.8, 4) is 0 Å². The molecular formula is C14H20FN3O2S. The zero-order chi connectivity index (χ0) is 15.0. The van der Waals surface area contributed by atoms with Crippen molar-refractivity contribution in [1.29, 1.82) is 0 Å². The van der Waals surface area contributed by atoms with Gasteiger partial charge in [0.2, 0.25) is 10.0 Å². The Kier molecular flexibility index (Phi) is 4.00. The van der Waals surface area contributed by atoms with Gasteiger partial charge in [-0.05, 0) is 24.6 Å². The SMILES string of the molecule is Cc1ccc(F)cc1S(=O)(=O)N1CC(N2CCNCC2)C1. The Bertz CT molecular complexity index is 623. The van der Waals surface area contributed by atoms with Crippen molar-refractivity contribution in [2.75, 3.05) is 39.3 Å². The third-order valence-corrected chi connectivity index (χ3v) is 6.24. The van der Waals surface area contributed by atoms with E-state index in [1.807, 2.05) is 0 Å². The average Bonchev–Trinajstić information content (AvgIpc) is 2.40. The molecule has 1 aromatic rings. The summed E-state index contributed by atoms with van der Waals surface area (Å²) in [5.41, 5.74) is 0.585. The lowest BCUT2D eigenvalue weighted by atomic mass is 10.1. The van der Waals surface area contributed by atoms with E-state index in [1.54, 1.807) is 6.92 Å². The van der Waals surface area contributed by atoms with Crippen molar-refractivity contribution < 1.29 is 12.8 Å². The first kappa shape index (κ1) is 14.9. The van der Waals surface area contributed by atoms with Crippen LogP contribution in [0.2, 0.25) is 0 Å². The van der Waals surface area contributed by atoms with Crippen LogP contribution >= 0.6 is 0 Å². The highest BCUT2D eigenvalue weighted by Gasteiger charge is 2.40. The van der Waals surface area contributed by atoms with Gasteiger partial charge < -0.3 is 5.32 Å². The van der Waals surface area contributed by atoms with Crippen LogP contribution in [0.3, 0.4) is 0 Å². The molecule has 2 fully saturated rings. The second-order valence-electron chi connectivity index (χ2n) is 5.67. The Morgan fingerprint density at radius 1 is 1.24 bits per heavy atom. The minimum absolute atomic E-state index is 0.0845. The number of nitrogens with one attached hydrogen (secondary N) is 1. The van der Waals surface area contributed by atoms with Gasteiger partial charge in [0.05, 0.1) is 4.90 Å². The number of hydrogen-bond donors (Lipinski definition) is 1. The summed E-state index contributed by atoms with van der Waals surface area (Å²) in [5, 5.41) is 3.28. The van der Waals surface area contributed by atoms with Gasteiger partial charge >= 0.3 is 0 Å². The molecule has 2 saturated heterocycles. The van der Waals surface area contributed by atoms with Crippen LogP contribution in [0, 0.1) is 12.7 Å². The lowest BCUT2D eigenvalue weighted by Gasteiger charge is -2.45. The largest absolute Gasteiger partial charge is 0.314 e. The molecule has 0 spiro atoms. The molecular weight excluding hydrogens is 293 g/mol. The molecule has 0 unspecified atom stereocenters. The number of rotatable bonds is 3. The van der Waals surface area contributed by atoms with Gasteiger partial charge in [-0.2, -0.15) is 4.31 Å². The summed E-state index contributed by atoms with van der Waals surface area (Å²) in [6, 6.07) is 4.20. The van der Waals surface area contributed by atoms with Crippen LogP contribution in [0.15, 0.2) is 23.1 Å². The topological polar surface area (TPSA) is 52.7 Å². The number of piperazine rings is 1. The van der Waals surface area contributed by atoms with Crippen molar-refractivity contribution in [2.45, 2.75) is 17.9 Å². The maximum absolute atomic E-state index is 13.3. The molecule has 0 radical (unpaired) electrons. The van der Waals surface area contributed by atoms with Crippen molar-refractivity contribution in [1.82, 2.24) is 14.5 Å². The molecule has 0 bridgehead atoms. The van der Waals surface area contributed by atoms with E-state index >= 15 is 0 Å². The summed E-state index contributed by atoms with van der Waals surface area (Å²) in [6.45, 7) is 6.50. The van der Waals surface area contributed by atoms with E-state index in [4.69, 9.17) is 0 Å². The fraction of sp³-hybridized carbons (Fsp3) is 0.571. The normalized spacial score (nSPS) is 22.2. The third kappa shape index (κ3) is 2.83.